The number of carboxylic acids is 1. The molecule has 0 aliphatic carbocycles. The predicted molar refractivity (Wildman–Crippen MR) is 72.1 cm³/mol. The molecule has 0 unspecified atom stereocenters. The van der Waals surface area contributed by atoms with E-state index in [1.165, 1.54) is 0 Å². The van der Waals surface area contributed by atoms with Gasteiger partial charge in [0, 0.05) is 10.6 Å². The molecule has 0 atom stereocenters. The summed E-state index contributed by atoms with van der Waals surface area (Å²) in [5, 5.41) is 9.07. The molecule has 17 heavy (non-hydrogen) atoms. The fraction of sp³-hybridized carbons (Fsp3) is 0.250. The second kappa shape index (κ2) is 7.25. The number of carboxylic acid groups (broad SMARTS) is 1. The van der Waals surface area contributed by atoms with E-state index >= 15 is 0 Å². The van der Waals surface area contributed by atoms with Gasteiger partial charge in [0.05, 0.1) is 0 Å². The topological polar surface area (TPSA) is 46.5 Å². The minimum Gasteiger partial charge on any atom is -0.481 e. The Labute approximate surface area is 110 Å². The number of rotatable bonds is 6. The standard InChI is InChI=1S/C12H13ClO3S/c13-10-5-4-9(3-1-2-6-17)11(7-10)16-8-12(14)15/h1,3-5,7,17H,2,6,8H2,(H,14,15). The molecular weight excluding hydrogens is 260 g/mol. The molecule has 0 aliphatic heterocycles. The van der Waals surface area contributed by atoms with Gasteiger partial charge in [-0.3, -0.25) is 0 Å². The maximum Gasteiger partial charge on any atom is 0.341 e. The van der Waals surface area contributed by atoms with Crippen LogP contribution in [0.2, 0.25) is 5.02 Å². The van der Waals surface area contributed by atoms with Crippen molar-refractivity contribution in [3.63, 3.8) is 0 Å². The average molecular weight is 273 g/mol. The summed E-state index contributed by atoms with van der Waals surface area (Å²) in [6.45, 7) is -0.381. The molecule has 0 saturated heterocycles. The first-order valence-electron chi connectivity index (χ1n) is 5.05. The molecule has 0 amide bonds. The van der Waals surface area contributed by atoms with Gasteiger partial charge in [0.25, 0.3) is 0 Å². The van der Waals surface area contributed by atoms with Gasteiger partial charge < -0.3 is 9.84 Å². The maximum absolute atomic E-state index is 10.4. The van der Waals surface area contributed by atoms with Crippen molar-refractivity contribution in [1.29, 1.82) is 0 Å². The second-order valence-electron chi connectivity index (χ2n) is 3.28. The molecule has 1 rings (SSSR count). The van der Waals surface area contributed by atoms with E-state index in [-0.39, 0.29) is 6.61 Å². The van der Waals surface area contributed by atoms with Gasteiger partial charge in [0.15, 0.2) is 6.61 Å². The van der Waals surface area contributed by atoms with Gasteiger partial charge in [-0.2, -0.15) is 12.6 Å². The van der Waals surface area contributed by atoms with Gasteiger partial charge in [-0.05, 0) is 30.4 Å². The number of hydrogen-bond donors (Lipinski definition) is 2. The van der Waals surface area contributed by atoms with Gasteiger partial charge in [-0.25, -0.2) is 4.79 Å². The van der Waals surface area contributed by atoms with Gasteiger partial charge in [-0.15, -0.1) is 0 Å². The van der Waals surface area contributed by atoms with Crippen molar-refractivity contribution in [1.82, 2.24) is 0 Å². The lowest BCUT2D eigenvalue weighted by molar-refractivity contribution is -0.139. The van der Waals surface area contributed by atoms with Crippen LogP contribution in [0.15, 0.2) is 24.3 Å². The van der Waals surface area contributed by atoms with Crippen LogP contribution in [0.5, 0.6) is 5.75 Å². The molecule has 1 aromatic carbocycles. The molecule has 92 valence electrons. The Bertz CT molecular complexity index is 418. The van der Waals surface area contributed by atoms with Crippen LogP contribution in [0.4, 0.5) is 0 Å². The van der Waals surface area contributed by atoms with Crippen molar-refractivity contribution in [3.8, 4) is 5.75 Å². The monoisotopic (exact) mass is 272 g/mol. The number of hydrogen-bond acceptors (Lipinski definition) is 3. The third-order valence-corrected chi connectivity index (χ3v) is 2.41. The van der Waals surface area contributed by atoms with E-state index in [2.05, 4.69) is 12.6 Å². The fourth-order valence-electron chi connectivity index (χ4n) is 1.20. The van der Waals surface area contributed by atoms with Gasteiger partial charge >= 0.3 is 5.97 Å². The summed E-state index contributed by atoms with van der Waals surface area (Å²) in [5.41, 5.74) is 0.803. The minimum absolute atomic E-state index is 0.381. The third kappa shape index (κ3) is 5.15. The molecule has 0 saturated carbocycles. The van der Waals surface area contributed by atoms with Crippen LogP contribution in [-0.2, 0) is 4.79 Å². The number of allylic oxidation sites excluding steroid dienone is 1. The Balaban J connectivity index is 2.83. The summed E-state index contributed by atoms with van der Waals surface area (Å²) in [6.07, 6.45) is 4.65. The largest absolute Gasteiger partial charge is 0.481 e. The Morgan fingerprint density at radius 1 is 1.53 bits per heavy atom. The SMILES string of the molecule is O=C(O)COc1cc(Cl)ccc1C=CCCS. The molecule has 0 heterocycles. The van der Waals surface area contributed by atoms with Crippen LogP contribution in [0, 0.1) is 0 Å². The van der Waals surface area contributed by atoms with E-state index in [1.807, 2.05) is 12.2 Å². The number of thiol groups is 1. The highest BCUT2D eigenvalue weighted by molar-refractivity contribution is 7.80. The van der Waals surface area contributed by atoms with E-state index in [4.69, 9.17) is 21.4 Å². The van der Waals surface area contributed by atoms with Crippen molar-refractivity contribution >= 4 is 36.3 Å². The van der Waals surface area contributed by atoms with Crippen molar-refractivity contribution in [2.45, 2.75) is 6.42 Å². The van der Waals surface area contributed by atoms with E-state index in [0.29, 0.717) is 10.8 Å². The second-order valence-corrected chi connectivity index (χ2v) is 4.16. The molecule has 0 aromatic heterocycles. The Hall–Kier alpha value is -1.13. The Morgan fingerprint density at radius 3 is 2.94 bits per heavy atom. The Morgan fingerprint density at radius 2 is 2.29 bits per heavy atom. The lowest BCUT2D eigenvalue weighted by atomic mass is 10.2. The van der Waals surface area contributed by atoms with Crippen molar-refractivity contribution in [2.75, 3.05) is 12.4 Å². The molecule has 0 bridgehead atoms. The molecule has 3 nitrogen and oxygen atoms in total. The maximum atomic E-state index is 10.4. The Kier molecular flexibility index (Phi) is 5.94. The third-order valence-electron chi connectivity index (χ3n) is 1.92. The molecule has 5 heteroatoms. The zero-order valence-corrected chi connectivity index (χ0v) is 10.7. The minimum atomic E-state index is -1.02. The molecule has 1 N–H and O–H groups in total. The quantitative estimate of drug-likeness (QED) is 0.782. The molecule has 0 spiro atoms. The summed E-state index contributed by atoms with van der Waals surface area (Å²) in [7, 11) is 0. The first-order valence-corrected chi connectivity index (χ1v) is 6.06. The highest BCUT2D eigenvalue weighted by Gasteiger charge is 2.04. The summed E-state index contributed by atoms with van der Waals surface area (Å²) in [5.74, 6) is 0.209. The van der Waals surface area contributed by atoms with E-state index in [9.17, 15) is 4.79 Å². The van der Waals surface area contributed by atoms with Gasteiger partial charge in [0.2, 0.25) is 0 Å². The highest BCUT2D eigenvalue weighted by Crippen LogP contribution is 2.24. The number of aliphatic carboxylic acids is 1. The predicted octanol–water partition coefficient (Wildman–Crippen LogP) is 3.14. The lowest BCUT2D eigenvalue weighted by Crippen LogP contribution is -2.10. The van der Waals surface area contributed by atoms with Crippen LogP contribution in [0.3, 0.4) is 0 Å². The zero-order valence-electron chi connectivity index (χ0n) is 9.10. The molecule has 0 fully saturated rings. The molecular formula is C12H13ClO3S. The summed E-state index contributed by atoms with van der Waals surface area (Å²) in [6, 6.07) is 5.12. The van der Waals surface area contributed by atoms with Crippen molar-refractivity contribution < 1.29 is 14.6 Å². The van der Waals surface area contributed by atoms with Crippen molar-refractivity contribution in [2.24, 2.45) is 0 Å². The smallest absolute Gasteiger partial charge is 0.341 e. The summed E-state index contributed by atoms with van der Waals surface area (Å²) >= 11 is 9.93. The number of carbonyl (C=O) groups is 1. The molecule has 0 aliphatic rings. The van der Waals surface area contributed by atoms with Gasteiger partial charge in [-0.1, -0.05) is 23.8 Å². The van der Waals surface area contributed by atoms with Crippen LogP contribution >= 0.6 is 24.2 Å². The van der Waals surface area contributed by atoms with Crippen LogP contribution < -0.4 is 4.74 Å². The summed E-state index contributed by atoms with van der Waals surface area (Å²) < 4.78 is 5.16. The van der Waals surface area contributed by atoms with E-state index < -0.39 is 5.97 Å². The number of ether oxygens (including phenoxy) is 1. The highest BCUT2D eigenvalue weighted by atomic mass is 35.5. The average Bonchev–Trinajstić information content (AvgIpc) is 2.29. The van der Waals surface area contributed by atoms with Crippen LogP contribution in [-0.4, -0.2) is 23.4 Å². The molecule has 1 aromatic rings. The van der Waals surface area contributed by atoms with Gasteiger partial charge in [0.1, 0.15) is 5.75 Å². The van der Waals surface area contributed by atoms with Crippen LogP contribution in [0.1, 0.15) is 12.0 Å². The number of benzene rings is 1. The van der Waals surface area contributed by atoms with E-state index in [0.717, 1.165) is 17.7 Å². The van der Waals surface area contributed by atoms with E-state index in [1.54, 1.807) is 18.2 Å². The first kappa shape index (κ1) is 13.9. The first-order chi connectivity index (χ1) is 8.13. The molecule has 0 radical (unpaired) electrons. The summed E-state index contributed by atoms with van der Waals surface area (Å²) in [4.78, 5) is 10.4. The van der Waals surface area contributed by atoms with Crippen molar-refractivity contribution in [3.05, 3.63) is 34.9 Å². The van der Waals surface area contributed by atoms with Crippen LogP contribution in [0.25, 0.3) is 6.08 Å². The normalized spacial score (nSPS) is 10.7. The zero-order chi connectivity index (χ0) is 12.7. The lowest BCUT2D eigenvalue weighted by Gasteiger charge is -2.07. The number of halogens is 1. The fourth-order valence-corrected chi connectivity index (χ4v) is 1.51.